The first-order chi connectivity index (χ1) is 6.56. The molecule has 6 heteroatoms. The zero-order valence-electron chi connectivity index (χ0n) is 7.46. The smallest absolute Gasteiger partial charge is 0.126 e. The summed E-state index contributed by atoms with van der Waals surface area (Å²) >= 11 is 0. The van der Waals surface area contributed by atoms with Crippen LogP contribution >= 0.6 is 0 Å². The maximum absolute atomic E-state index is 7.18. The van der Waals surface area contributed by atoms with Crippen LogP contribution in [0.3, 0.4) is 0 Å². The molecular formula is C8H12N6. The van der Waals surface area contributed by atoms with Crippen LogP contribution in [-0.4, -0.2) is 17.0 Å². The largest absolute Gasteiger partial charge is 0.396 e. The summed E-state index contributed by atoms with van der Waals surface area (Å²) in [5.41, 5.74) is 17.3. The first-order valence-electron chi connectivity index (χ1n) is 3.85. The summed E-state index contributed by atoms with van der Waals surface area (Å²) in [6.45, 7) is 0. The SMILES string of the molecule is N=C/C(C(=N)N)=C(/N)c1ccc(N)[nH]1. The summed E-state index contributed by atoms with van der Waals surface area (Å²) in [6.07, 6.45) is 0.939. The lowest BCUT2D eigenvalue weighted by Gasteiger charge is -2.03. The van der Waals surface area contributed by atoms with Crippen LogP contribution in [0.5, 0.6) is 0 Å². The fourth-order valence-corrected chi connectivity index (χ4v) is 1.01. The first kappa shape index (κ1) is 9.85. The summed E-state index contributed by atoms with van der Waals surface area (Å²) in [7, 11) is 0. The molecule has 0 aliphatic carbocycles. The minimum atomic E-state index is -0.245. The van der Waals surface area contributed by atoms with Crippen molar-refractivity contribution in [3.8, 4) is 0 Å². The van der Waals surface area contributed by atoms with Crippen LogP contribution in [0.4, 0.5) is 5.82 Å². The Labute approximate surface area is 80.8 Å². The Balaban J connectivity index is 3.20. The average Bonchev–Trinajstić information content (AvgIpc) is 2.52. The molecule has 1 aromatic heterocycles. The highest BCUT2D eigenvalue weighted by Crippen LogP contribution is 2.12. The second-order valence-electron chi connectivity index (χ2n) is 2.71. The number of nitrogens with one attached hydrogen (secondary N) is 3. The van der Waals surface area contributed by atoms with E-state index in [4.69, 9.17) is 28.0 Å². The number of nitrogen functional groups attached to an aromatic ring is 1. The van der Waals surface area contributed by atoms with Gasteiger partial charge in [-0.1, -0.05) is 0 Å². The molecular weight excluding hydrogens is 180 g/mol. The first-order valence-corrected chi connectivity index (χ1v) is 3.85. The fraction of sp³-hybridized carbons (Fsp3) is 0. The number of nitrogens with two attached hydrogens (primary N) is 3. The van der Waals surface area contributed by atoms with Crippen molar-refractivity contribution >= 4 is 23.6 Å². The molecule has 0 amide bonds. The zero-order chi connectivity index (χ0) is 10.7. The Hall–Kier alpha value is -2.24. The van der Waals surface area contributed by atoms with Crippen LogP contribution in [0, 0.1) is 10.8 Å². The third-order valence-electron chi connectivity index (χ3n) is 1.72. The summed E-state index contributed by atoms with van der Waals surface area (Å²) in [5.74, 6) is 0.224. The minimum Gasteiger partial charge on any atom is -0.396 e. The molecule has 0 unspecified atom stereocenters. The summed E-state index contributed by atoms with van der Waals surface area (Å²) < 4.78 is 0. The van der Waals surface area contributed by atoms with Gasteiger partial charge in [0.25, 0.3) is 0 Å². The molecule has 1 heterocycles. The lowest BCUT2D eigenvalue weighted by atomic mass is 10.1. The van der Waals surface area contributed by atoms with Crippen molar-refractivity contribution in [3.05, 3.63) is 23.4 Å². The van der Waals surface area contributed by atoms with Crippen LogP contribution in [0.15, 0.2) is 17.7 Å². The van der Waals surface area contributed by atoms with Gasteiger partial charge in [-0.15, -0.1) is 0 Å². The van der Waals surface area contributed by atoms with E-state index in [0.717, 1.165) is 6.21 Å². The third kappa shape index (κ3) is 1.74. The van der Waals surface area contributed by atoms with Gasteiger partial charge in [-0.05, 0) is 12.1 Å². The molecule has 1 rings (SSSR count). The molecule has 0 spiro atoms. The van der Waals surface area contributed by atoms with Gasteiger partial charge in [-0.3, -0.25) is 5.41 Å². The number of amidine groups is 1. The third-order valence-corrected chi connectivity index (χ3v) is 1.72. The Kier molecular flexibility index (Phi) is 2.57. The standard InChI is InChI=1S/C8H12N6/c9-3-4(8(12)13)7(11)5-1-2-6(10)14-5/h1-3,9,14H,10-11H2,(H3,12,13)/b7-4-,9-3?. The van der Waals surface area contributed by atoms with E-state index in [9.17, 15) is 0 Å². The molecule has 14 heavy (non-hydrogen) atoms. The second-order valence-corrected chi connectivity index (χ2v) is 2.71. The van der Waals surface area contributed by atoms with Gasteiger partial charge in [0.05, 0.1) is 17.0 Å². The molecule has 1 aromatic rings. The van der Waals surface area contributed by atoms with Gasteiger partial charge >= 0.3 is 0 Å². The lowest BCUT2D eigenvalue weighted by molar-refractivity contribution is 1.32. The molecule has 74 valence electrons. The van der Waals surface area contributed by atoms with Crippen molar-refractivity contribution in [1.82, 2.24) is 4.98 Å². The predicted octanol–water partition coefficient (Wildman–Crippen LogP) is -0.148. The highest BCUT2D eigenvalue weighted by atomic mass is 14.9. The Bertz CT molecular complexity index is 400. The average molecular weight is 192 g/mol. The van der Waals surface area contributed by atoms with Crippen molar-refractivity contribution in [2.45, 2.75) is 0 Å². The monoisotopic (exact) mass is 192 g/mol. The lowest BCUT2D eigenvalue weighted by Crippen LogP contribution is -2.18. The molecule has 0 atom stereocenters. The number of aromatic nitrogens is 1. The van der Waals surface area contributed by atoms with Gasteiger partial charge in [0.2, 0.25) is 0 Å². The van der Waals surface area contributed by atoms with Crippen molar-refractivity contribution in [1.29, 1.82) is 10.8 Å². The Morgan fingerprint density at radius 2 is 2.00 bits per heavy atom. The van der Waals surface area contributed by atoms with Gasteiger partial charge in [0.1, 0.15) is 11.7 Å². The molecule has 0 aliphatic heterocycles. The van der Waals surface area contributed by atoms with Gasteiger partial charge in [0.15, 0.2) is 0 Å². The number of hydrogen-bond donors (Lipinski definition) is 6. The van der Waals surface area contributed by atoms with E-state index in [-0.39, 0.29) is 17.1 Å². The topological polar surface area (TPSA) is 142 Å². The molecule has 6 nitrogen and oxygen atoms in total. The quantitative estimate of drug-likeness (QED) is 0.293. The molecule has 0 radical (unpaired) electrons. The fourth-order valence-electron chi connectivity index (χ4n) is 1.01. The van der Waals surface area contributed by atoms with Crippen LogP contribution in [0.1, 0.15) is 5.69 Å². The van der Waals surface area contributed by atoms with Crippen molar-refractivity contribution in [2.24, 2.45) is 11.5 Å². The molecule has 0 saturated carbocycles. The van der Waals surface area contributed by atoms with E-state index in [1.165, 1.54) is 0 Å². The van der Waals surface area contributed by atoms with Gasteiger partial charge in [-0.2, -0.15) is 0 Å². The number of rotatable bonds is 3. The van der Waals surface area contributed by atoms with Crippen LogP contribution < -0.4 is 17.2 Å². The van der Waals surface area contributed by atoms with Crippen molar-refractivity contribution in [2.75, 3.05) is 5.73 Å². The van der Waals surface area contributed by atoms with E-state index in [1.807, 2.05) is 0 Å². The molecule has 9 N–H and O–H groups in total. The molecule has 0 fully saturated rings. The van der Waals surface area contributed by atoms with Crippen molar-refractivity contribution < 1.29 is 0 Å². The van der Waals surface area contributed by atoms with E-state index in [2.05, 4.69) is 4.98 Å². The van der Waals surface area contributed by atoms with Crippen LogP contribution in [0.25, 0.3) is 5.70 Å². The Morgan fingerprint density at radius 1 is 1.36 bits per heavy atom. The zero-order valence-corrected chi connectivity index (χ0v) is 7.46. The highest BCUT2D eigenvalue weighted by molar-refractivity contribution is 6.17. The summed E-state index contributed by atoms with van der Waals surface area (Å²) in [6, 6.07) is 3.31. The van der Waals surface area contributed by atoms with Crippen molar-refractivity contribution in [3.63, 3.8) is 0 Å². The predicted molar refractivity (Wildman–Crippen MR) is 57.0 cm³/mol. The maximum atomic E-state index is 7.18. The summed E-state index contributed by atoms with van der Waals surface area (Å²) in [5, 5.41) is 14.2. The molecule has 0 aliphatic rings. The number of aromatic amines is 1. The van der Waals surface area contributed by atoms with E-state index < -0.39 is 0 Å². The summed E-state index contributed by atoms with van der Waals surface area (Å²) in [4.78, 5) is 2.78. The van der Waals surface area contributed by atoms with Gasteiger partial charge in [0, 0.05) is 6.21 Å². The molecule has 0 bridgehead atoms. The number of hydrogen-bond acceptors (Lipinski definition) is 4. The second kappa shape index (κ2) is 3.65. The highest BCUT2D eigenvalue weighted by Gasteiger charge is 2.07. The Morgan fingerprint density at radius 3 is 2.36 bits per heavy atom. The number of anilines is 1. The van der Waals surface area contributed by atoms with E-state index in [0.29, 0.717) is 11.5 Å². The maximum Gasteiger partial charge on any atom is 0.126 e. The van der Waals surface area contributed by atoms with Gasteiger partial charge in [-0.25, -0.2) is 0 Å². The van der Waals surface area contributed by atoms with Gasteiger partial charge < -0.3 is 27.6 Å². The molecule has 0 saturated heterocycles. The molecule has 0 aromatic carbocycles. The van der Waals surface area contributed by atoms with Crippen LogP contribution in [0.2, 0.25) is 0 Å². The number of H-pyrrole nitrogens is 1. The van der Waals surface area contributed by atoms with E-state index >= 15 is 0 Å². The van der Waals surface area contributed by atoms with E-state index in [1.54, 1.807) is 12.1 Å². The normalized spacial score (nSPS) is 12.0. The minimum absolute atomic E-state index is 0.173. The van der Waals surface area contributed by atoms with Crippen LogP contribution in [-0.2, 0) is 0 Å².